The summed E-state index contributed by atoms with van der Waals surface area (Å²) in [5.41, 5.74) is 8.14. The Bertz CT molecular complexity index is 386. The van der Waals surface area contributed by atoms with Gasteiger partial charge in [0.1, 0.15) is 0 Å². The topological polar surface area (TPSA) is 29.3 Å². The Kier molecular flexibility index (Phi) is 3.95. The highest BCUT2D eigenvalue weighted by molar-refractivity contribution is 6.31. The highest BCUT2D eigenvalue weighted by Gasteiger charge is 2.28. The van der Waals surface area contributed by atoms with Crippen LogP contribution in [0.25, 0.3) is 0 Å². The molecule has 1 aliphatic carbocycles. The van der Waals surface area contributed by atoms with E-state index in [9.17, 15) is 0 Å². The van der Waals surface area contributed by atoms with Crippen molar-refractivity contribution >= 4 is 17.3 Å². The van der Waals surface area contributed by atoms with Crippen LogP contribution in [0.4, 0.5) is 5.69 Å². The molecule has 0 saturated heterocycles. The summed E-state index contributed by atoms with van der Waals surface area (Å²) in [6.07, 6.45) is 3.79. The molecule has 0 spiro atoms. The summed E-state index contributed by atoms with van der Waals surface area (Å²) in [4.78, 5) is 2.47. The minimum atomic E-state index is -0.00269. The quantitative estimate of drug-likeness (QED) is 0.865. The van der Waals surface area contributed by atoms with Gasteiger partial charge in [-0.25, -0.2) is 0 Å². The van der Waals surface area contributed by atoms with E-state index in [-0.39, 0.29) is 6.04 Å². The summed E-state index contributed by atoms with van der Waals surface area (Å²) < 4.78 is 0. The summed E-state index contributed by atoms with van der Waals surface area (Å²) in [5, 5.41) is 0.791. The molecule has 17 heavy (non-hydrogen) atoms. The van der Waals surface area contributed by atoms with Crippen molar-refractivity contribution in [3.63, 3.8) is 0 Å². The van der Waals surface area contributed by atoms with E-state index in [0.717, 1.165) is 23.2 Å². The summed E-state index contributed by atoms with van der Waals surface area (Å²) in [6, 6.07) is 7.00. The molecule has 1 fully saturated rings. The van der Waals surface area contributed by atoms with Gasteiger partial charge in [0.15, 0.2) is 0 Å². The van der Waals surface area contributed by atoms with Crippen LogP contribution in [0.5, 0.6) is 0 Å². The Morgan fingerprint density at radius 3 is 2.65 bits per heavy atom. The van der Waals surface area contributed by atoms with Crippen molar-refractivity contribution < 1.29 is 0 Å². The molecular formula is C14H21ClN2. The second kappa shape index (κ2) is 5.28. The zero-order chi connectivity index (χ0) is 12.4. The van der Waals surface area contributed by atoms with Crippen LogP contribution in [0, 0.1) is 0 Å². The fraction of sp³-hybridized carbons (Fsp3) is 0.571. The van der Waals surface area contributed by atoms with E-state index < -0.39 is 0 Å². The van der Waals surface area contributed by atoms with E-state index in [1.54, 1.807) is 0 Å². The third-order valence-electron chi connectivity index (χ3n) is 3.26. The van der Waals surface area contributed by atoms with Crippen molar-refractivity contribution in [2.75, 3.05) is 11.4 Å². The molecule has 0 heterocycles. The summed E-state index contributed by atoms with van der Waals surface area (Å²) in [7, 11) is 0. The van der Waals surface area contributed by atoms with Crippen LogP contribution in [0.2, 0.25) is 5.02 Å². The van der Waals surface area contributed by atoms with Gasteiger partial charge in [0.05, 0.1) is 0 Å². The van der Waals surface area contributed by atoms with E-state index in [1.807, 2.05) is 6.92 Å². The number of anilines is 1. The Hall–Kier alpha value is -0.730. The van der Waals surface area contributed by atoms with E-state index in [1.165, 1.54) is 24.9 Å². The zero-order valence-corrected chi connectivity index (χ0v) is 11.4. The fourth-order valence-electron chi connectivity index (χ4n) is 2.21. The lowest BCUT2D eigenvalue weighted by atomic mass is 10.1. The number of nitrogens with zero attached hydrogens (tertiary/aromatic N) is 1. The Balaban J connectivity index is 2.22. The predicted octanol–water partition coefficient (Wildman–Crippen LogP) is 3.74. The fourth-order valence-corrected chi connectivity index (χ4v) is 2.56. The number of halogens is 1. The van der Waals surface area contributed by atoms with Gasteiger partial charge in [-0.2, -0.15) is 0 Å². The lowest BCUT2D eigenvalue weighted by Gasteiger charge is -2.25. The first kappa shape index (κ1) is 12.7. The van der Waals surface area contributed by atoms with Crippen LogP contribution in [0.3, 0.4) is 0 Å². The van der Waals surface area contributed by atoms with Crippen LogP contribution in [0.1, 0.15) is 44.7 Å². The van der Waals surface area contributed by atoms with E-state index in [2.05, 4.69) is 30.0 Å². The molecule has 1 unspecified atom stereocenters. The molecule has 0 amide bonds. The molecule has 1 atom stereocenters. The van der Waals surface area contributed by atoms with Crippen molar-refractivity contribution in [3.05, 3.63) is 28.8 Å². The van der Waals surface area contributed by atoms with E-state index >= 15 is 0 Å². The van der Waals surface area contributed by atoms with Crippen LogP contribution in [0.15, 0.2) is 18.2 Å². The van der Waals surface area contributed by atoms with Gasteiger partial charge in [0.25, 0.3) is 0 Å². The smallest absolute Gasteiger partial charge is 0.0474 e. The Morgan fingerprint density at radius 1 is 1.47 bits per heavy atom. The highest BCUT2D eigenvalue weighted by Crippen LogP contribution is 2.34. The minimum Gasteiger partial charge on any atom is -0.369 e. The normalized spacial score (nSPS) is 16.9. The number of nitrogens with two attached hydrogens (primary N) is 1. The average molecular weight is 253 g/mol. The number of hydrogen-bond acceptors (Lipinski definition) is 2. The van der Waals surface area contributed by atoms with Crippen LogP contribution < -0.4 is 10.6 Å². The zero-order valence-electron chi connectivity index (χ0n) is 10.6. The Morgan fingerprint density at radius 2 is 2.18 bits per heavy atom. The van der Waals surface area contributed by atoms with Gasteiger partial charge in [-0.15, -0.1) is 0 Å². The Labute approximate surface area is 109 Å². The van der Waals surface area contributed by atoms with Crippen molar-refractivity contribution in [2.24, 2.45) is 5.73 Å². The largest absolute Gasteiger partial charge is 0.369 e. The maximum atomic E-state index is 6.29. The molecule has 2 nitrogen and oxygen atoms in total. The van der Waals surface area contributed by atoms with Crippen molar-refractivity contribution in [3.8, 4) is 0 Å². The first-order chi connectivity index (χ1) is 8.13. The van der Waals surface area contributed by atoms with Crippen molar-refractivity contribution in [2.45, 2.75) is 45.2 Å². The molecule has 1 saturated carbocycles. The number of rotatable bonds is 5. The van der Waals surface area contributed by atoms with Crippen LogP contribution >= 0.6 is 11.6 Å². The standard InChI is InChI=1S/C14H21ClN2/c1-3-8-17(11-4-5-11)12-6-7-13(10(2)16)14(15)9-12/h6-7,9-11H,3-5,8,16H2,1-2H3. The number of hydrogen-bond donors (Lipinski definition) is 1. The maximum absolute atomic E-state index is 6.29. The first-order valence-corrected chi connectivity index (χ1v) is 6.83. The van der Waals surface area contributed by atoms with Crippen molar-refractivity contribution in [1.29, 1.82) is 0 Å². The average Bonchev–Trinajstić information content (AvgIpc) is 3.09. The van der Waals surface area contributed by atoms with Crippen LogP contribution in [-0.4, -0.2) is 12.6 Å². The maximum Gasteiger partial charge on any atom is 0.0474 e. The SMILES string of the molecule is CCCN(c1ccc(C(C)N)c(Cl)c1)C1CC1. The summed E-state index contributed by atoms with van der Waals surface area (Å²) in [5.74, 6) is 0. The summed E-state index contributed by atoms with van der Waals surface area (Å²) >= 11 is 6.29. The van der Waals surface area contributed by atoms with Crippen molar-refractivity contribution in [1.82, 2.24) is 0 Å². The minimum absolute atomic E-state index is 0.00269. The highest BCUT2D eigenvalue weighted by atomic mass is 35.5. The van der Waals surface area contributed by atoms with Gasteiger partial charge in [0, 0.05) is 29.3 Å². The molecule has 0 aromatic heterocycles. The molecule has 2 N–H and O–H groups in total. The molecule has 3 heteroatoms. The van der Waals surface area contributed by atoms with Gasteiger partial charge in [-0.3, -0.25) is 0 Å². The predicted molar refractivity (Wildman–Crippen MR) is 74.7 cm³/mol. The third kappa shape index (κ3) is 2.93. The van der Waals surface area contributed by atoms with E-state index in [4.69, 9.17) is 17.3 Å². The van der Waals surface area contributed by atoms with Gasteiger partial charge in [-0.1, -0.05) is 24.6 Å². The lowest BCUT2D eigenvalue weighted by molar-refractivity contribution is 0.761. The second-order valence-electron chi connectivity index (χ2n) is 4.92. The van der Waals surface area contributed by atoms with Gasteiger partial charge in [0.2, 0.25) is 0 Å². The molecule has 1 aromatic rings. The second-order valence-corrected chi connectivity index (χ2v) is 5.33. The molecular weight excluding hydrogens is 232 g/mol. The van der Waals surface area contributed by atoms with Crippen LogP contribution in [-0.2, 0) is 0 Å². The number of benzene rings is 1. The molecule has 0 radical (unpaired) electrons. The van der Waals surface area contributed by atoms with E-state index in [0.29, 0.717) is 0 Å². The first-order valence-electron chi connectivity index (χ1n) is 6.45. The van der Waals surface area contributed by atoms with Gasteiger partial charge >= 0.3 is 0 Å². The monoisotopic (exact) mass is 252 g/mol. The third-order valence-corrected chi connectivity index (χ3v) is 3.59. The molecule has 2 rings (SSSR count). The molecule has 1 aromatic carbocycles. The molecule has 0 bridgehead atoms. The molecule has 1 aliphatic rings. The van der Waals surface area contributed by atoms with Gasteiger partial charge in [-0.05, 0) is 43.9 Å². The summed E-state index contributed by atoms with van der Waals surface area (Å²) in [6.45, 7) is 5.29. The molecule has 0 aliphatic heterocycles. The lowest BCUT2D eigenvalue weighted by Crippen LogP contribution is -2.26. The van der Waals surface area contributed by atoms with Gasteiger partial charge < -0.3 is 10.6 Å². The molecule has 94 valence electrons.